The highest BCUT2D eigenvalue weighted by atomic mass is 32.1. The van der Waals surface area contributed by atoms with Crippen molar-refractivity contribution in [2.24, 2.45) is 0 Å². The number of fused-ring (bicyclic) bond motifs is 2. The van der Waals surface area contributed by atoms with Crippen LogP contribution in [0.2, 0.25) is 0 Å². The van der Waals surface area contributed by atoms with Crippen LogP contribution in [0.25, 0.3) is 26.4 Å². The Morgan fingerprint density at radius 3 is 2.96 bits per heavy atom. The lowest BCUT2D eigenvalue weighted by atomic mass is 10.2. The molecular formula is C16H12N4O2S. The number of carbonyl (C=O) groups is 1. The number of carbonyl (C=O) groups excluding carboxylic acids is 1. The van der Waals surface area contributed by atoms with E-state index in [0.29, 0.717) is 22.8 Å². The van der Waals surface area contributed by atoms with Crippen LogP contribution in [-0.4, -0.2) is 32.3 Å². The van der Waals surface area contributed by atoms with Crippen molar-refractivity contribution in [2.45, 2.75) is 6.92 Å². The van der Waals surface area contributed by atoms with Crippen LogP contribution in [0.5, 0.6) is 0 Å². The van der Waals surface area contributed by atoms with Crippen molar-refractivity contribution in [3.05, 3.63) is 48.3 Å². The van der Waals surface area contributed by atoms with Gasteiger partial charge in [0.1, 0.15) is 0 Å². The zero-order valence-electron chi connectivity index (χ0n) is 12.3. The van der Waals surface area contributed by atoms with Crippen LogP contribution in [0.4, 0.5) is 0 Å². The predicted molar refractivity (Wildman–Crippen MR) is 88.0 cm³/mol. The van der Waals surface area contributed by atoms with Crippen LogP contribution < -0.4 is 0 Å². The Kier molecular flexibility index (Phi) is 3.27. The lowest BCUT2D eigenvalue weighted by molar-refractivity contribution is 0.0521. The summed E-state index contributed by atoms with van der Waals surface area (Å²) >= 11 is 1.50. The quantitative estimate of drug-likeness (QED) is 0.541. The second kappa shape index (κ2) is 5.44. The molecule has 0 aliphatic heterocycles. The lowest BCUT2D eigenvalue weighted by Gasteiger charge is -1.97. The third-order valence-electron chi connectivity index (χ3n) is 3.37. The zero-order valence-corrected chi connectivity index (χ0v) is 13.1. The molecule has 3 aromatic heterocycles. The third kappa shape index (κ3) is 2.25. The summed E-state index contributed by atoms with van der Waals surface area (Å²) in [5.41, 5.74) is 1.74. The number of para-hydroxylation sites is 1. The average Bonchev–Trinajstić information content (AvgIpc) is 3.16. The molecule has 0 amide bonds. The summed E-state index contributed by atoms with van der Waals surface area (Å²) in [6, 6.07) is 11.4. The molecule has 7 heteroatoms. The zero-order chi connectivity index (χ0) is 15.8. The Morgan fingerprint density at radius 1 is 1.26 bits per heavy atom. The molecule has 3 heterocycles. The van der Waals surface area contributed by atoms with E-state index in [4.69, 9.17) is 4.74 Å². The second-order valence-corrected chi connectivity index (χ2v) is 5.83. The molecule has 0 N–H and O–H groups in total. The Bertz CT molecular complexity index is 988. The van der Waals surface area contributed by atoms with Gasteiger partial charge in [0.05, 0.1) is 22.2 Å². The summed E-state index contributed by atoms with van der Waals surface area (Å²) in [6.07, 6.45) is 1.67. The maximum absolute atomic E-state index is 12.1. The predicted octanol–water partition coefficient (Wildman–Crippen LogP) is 3.21. The van der Waals surface area contributed by atoms with Crippen LogP contribution in [0.3, 0.4) is 0 Å². The fourth-order valence-corrected chi connectivity index (χ4v) is 3.31. The minimum absolute atomic E-state index is 0.259. The van der Waals surface area contributed by atoms with Crippen LogP contribution in [0.15, 0.2) is 42.6 Å². The van der Waals surface area contributed by atoms with Gasteiger partial charge in [-0.25, -0.2) is 14.8 Å². The van der Waals surface area contributed by atoms with E-state index in [1.54, 1.807) is 23.9 Å². The summed E-state index contributed by atoms with van der Waals surface area (Å²) < 4.78 is 7.74. The van der Waals surface area contributed by atoms with E-state index in [2.05, 4.69) is 15.1 Å². The summed E-state index contributed by atoms with van der Waals surface area (Å²) in [6.45, 7) is 2.07. The van der Waals surface area contributed by atoms with Gasteiger partial charge in [-0.1, -0.05) is 23.5 Å². The molecular weight excluding hydrogens is 312 g/mol. The molecule has 0 saturated carbocycles. The SMILES string of the molecule is CCOC(=O)c1nn(-c2nc3ccccc3s2)c2ncccc12. The largest absolute Gasteiger partial charge is 0.461 e. The molecule has 0 aliphatic carbocycles. The molecule has 4 aromatic rings. The van der Waals surface area contributed by atoms with Gasteiger partial charge in [0, 0.05) is 6.20 Å². The first-order valence-corrected chi connectivity index (χ1v) is 7.96. The highest BCUT2D eigenvalue weighted by molar-refractivity contribution is 7.20. The van der Waals surface area contributed by atoms with Gasteiger partial charge in [0.2, 0.25) is 5.13 Å². The van der Waals surface area contributed by atoms with E-state index in [9.17, 15) is 4.79 Å². The van der Waals surface area contributed by atoms with E-state index < -0.39 is 5.97 Å². The normalized spacial score (nSPS) is 11.2. The molecule has 4 rings (SSSR count). The molecule has 0 atom stereocenters. The second-order valence-electron chi connectivity index (χ2n) is 4.82. The average molecular weight is 324 g/mol. The van der Waals surface area contributed by atoms with E-state index in [1.165, 1.54) is 11.3 Å². The molecule has 23 heavy (non-hydrogen) atoms. The van der Waals surface area contributed by atoms with Gasteiger partial charge in [-0.15, -0.1) is 0 Å². The summed E-state index contributed by atoms with van der Waals surface area (Å²) in [7, 11) is 0. The molecule has 114 valence electrons. The smallest absolute Gasteiger partial charge is 0.359 e. The first-order chi connectivity index (χ1) is 11.3. The summed E-state index contributed by atoms with van der Waals surface area (Å²) in [4.78, 5) is 21.1. The van der Waals surface area contributed by atoms with Crippen molar-refractivity contribution >= 4 is 38.6 Å². The topological polar surface area (TPSA) is 69.9 Å². The van der Waals surface area contributed by atoms with Crippen LogP contribution in [0, 0.1) is 0 Å². The first kappa shape index (κ1) is 13.8. The monoisotopic (exact) mass is 324 g/mol. The molecule has 0 fully saturated rings. The molecule has 6 nitrogen and oxygen atoms in total. The number of pyridine rings is 1. The van der Waals surface area contributed by atoms with Crippen molar-refractivity contribution < 1.29 is 9.53 Å². The molecule has 1 aromatic carbocycles. The fraction of sp³-hybridized carbons (Fsp3) is 0.125. The maximum Gasteiger partial charge on any atom is 0.359 e. The Balaban J connectivity index is 1.94. The standard InChI is InChI=1S/C16H12N4O2S/c1-2-22-15(21)13-10-6-5-9-17-14(10)20(19-13)16-18-11-7-3-4-8-12(11)23-16/h3-9H,2H2,1H3. The van der Waals surface area contributed by atoms with Gasteiger partial charge in [-0.3, -0.25) is 0 Å². The molecule has 0 bridgehead atoms. The van der Waals surface area contributed by atoms with Crippen LogP contribution in [-0.2, 0) is 4.74 Å². The van der Waals surface area contributed by atoms with Gasteiger partial charge < -0.3 is 4.74 Å². The van der Waals surface area contributed by atoms with Crippen LogP contribution in [0.1, 0.15) is 17.4 Å². The highest BCUT2D eigenvalue weighted by Crippen LogP contribution is 2.27. The van der Waals surface area contributed by atoms with Gasteiger partial charge in [0.15, 0.2) is 11.3 Å². The third-order valence-corrected chi connectivity index (χ3v) is 4.39. The number of hydrogen-bond donors (Lipinski definition) is 0. The fourth-order valence-electron chi connectivity index (χ4n) is 2.39. The number of hydrogen-bond acceptors (Lipinski definition) is 6. The van der Waals surface area contributed by atoms with Crippen LogP contribution >= 0.6 is 11.3 Å². The van der Waals surface area contributed by atoms with Gasteiger partial charge in [-0.2, -0.15) is 9.78 Å². The highest BCUT2D eigenvalue weighted by Gasteiger charge is 2.21. The molecule has 0 radical (unpaired) electrons. The van der Waals surface area contributed by atoms with E-state index in [0.717, 1.165) is 10.2 Å². The number of aromatic nitrogens is 4. The Labute approximate surface area is 135 Å². The van der Waals surface area contributed by atoms with Gasteiger partial charge >= 0.3 is 5.97 Å². The van der Waals surface area contributed by atoms with Crippen molar-refractivity contribution in [1.82, 2.24) is 19.7 Å². The Morgan fingerprint density at radius 2 is 2.13 bits per heavy atom. The maximum atomic E-state index is 12.1. The minimum Gasteiger partial charge on any atom is -0.461 e. The van der Waals surface area contributed by atoms with E-state index in [1.807, 2.05) is 30.3 Å². The molecule has 0 unspecified atom stereocenters. The van der Waals surface area contributed by atoms with E-state index in [-0.39, 0.29) is 5.69 Å². The number of thiazole rings is 1. The first-order valence-electron chi connectivity index (χ1n) is 7.14. The molecule has 0 saturated heterocycles. The molecule has 0 aliphatic rings. The van der Waals surface area contributed by atoms with Crippen molar-refractivity contribution in [3.63, 3.8) is 0 Å². The Hall–Kier alpha value is -2.80. The number of rotatable bonds is 3. The minimum atomic E-state index is -0.453. The number of ether oxygens (including phenoxy) is 1. The number of benzene rings is 1. The van der Waals surface area contributed by atoms with E-state index >= 15 is 0 Å². The number of esters is 1. The van der Waals surface area contributed by atoms with Gasteiger partial charge in [-0.05, 0) is 31.2 Å². The van der Waals surface area contributed by atoms with Crippen molar-refractivity contribution in [3.8, 4) is 5.13 Å². The van der Waals surface area contributed by atoms with Crippen molar-refractivity contribution in [1.29, 1.82) is 0 Å². The number of nitrogens with zero attached hydrogens (tertiary/aromatic N) is 4. The lowest BCUT2D eigenvalue weighted by Crippen LogP contribution is -2.06. The summed E-state index contributed by atoms with van der Waals surface area (Å²) in [5, 5.41) is 5.73. The van der Waals surface area contributed by atoms with Crippen molar-refractivity contribution in [2.75, 3.05) is 6.61 Å². The molecule has 0 spiro atoms. The van der Waals surface area contributed by atoms with Gasteiger partial charge in [0.25, 0.3) is 0 Å². The summed E-state index contributed by atoms with van der Waals surface area (Å²) in [5.74, 6) is -0.453.